The number of aryl methyl sites for hydroxylation is 1. The molecule has 5 heteroatoms. The van der Waals surface area contributed by atoms with Crippen molar-refractivity contribution < 1.29 is 0 Å². The van der Waals surface area contributed by atoms with Gasteiger partial charge in [0.05, 0.1) is 10.7 Å². The number of rotatable bonds is 3. The molecule has 0 aliphatic carbocycles. The van der Waals surface area contributed by atoms with E-state index in [0.29, 0.717) is 6.04 Å². The first-order valence-corrected chi connectivity index (χ1v) is 5.96. The summed E-state index contributed by atoms with van der Waals surface area (Å²) in [7, 11) is 2.04. The van der Waals surface area contributed by atoms with Crippen molar-refractivity contribution in [3.8, 4) is 0 Å². The summed E-state index contributed by atoms with van der Waals surface area (Å²) in [6, 6.07) is 0.676. The van der Waals surface area contributed by atoms with Crippen LogP contribution in [0.25, 0.3) is 0 Å². The zero-order valence-corrected chi connectivity index (χ0v) is 10.8. The van der Waals surface area contributed by atoms with E-state index in [4.69, 9.17) is 0 Å². The van der Waals surface area contributed by atoms with Crippen LogP contribution in [0, 0.1) is 6.92 Å². The Kier molecular flexibility index (Phi) is 4.99. The molecular formula is C10H18ClN3S. The number of thiazole rings is 1. The predicted molar refractivity (Wildman–Crippen MR) is 66.8 cm³/mol. The maximum Gasteiger partial charge on any atom is 0.0897 e. The van der Waals surface area contributed by atoms with Crippen LogP contribution in [0.15, 0.2) is 5.38 Å². The van der Waals surface area contributed by atoms with Crippen molar-refractivity contribution in [1.82, 2.24) is 15.2 Å². The third-order valence-electron chi connectivity index (χ3n) is 2.73. The minimum Gasteiger partial charge on any atom is -0.316 e. The molecule has 1 atom stereocenters. The van der Waals surface area contributed by atoms with Gasteiger partial charge < -0.3 is 5.32 Å². The third kappa shape index (κ3) is 3.41. The molecule has 3 nitrogen and oxygen atoms in total. The molecule has 0 amide bonds. The second-order valence-electron chi connectivity index (χ2n) is 3.87. The van der Waals surface area contributed by atoms with Gasteiger partial charge in [-0.15, -0.1) is 23.7 Å². The standard InChI is InChI=1S/C10H17N3S.ClH/c1-8-12-10(7-14-8)6-13-4-3-9(5-13)11-2;/h7,9,11H,3-6H2,1-2H3;1H. The number of likely N-dealkylation sites (N-methyl/N-ethyl adjacent to an activating group) is 1. The first kappa shape index (κ1) is 12.9. The van der Waals surface area contributed by atoms with E-state index in [1.54, 1.807) is 11.3 Å². The first-order valence-electron chi connectivity index (χ1n) is 5.08. The van der Waals surface area contributed by atoms with Gasteiger partial charge in [0.15, 0.2) is 0 Å². The van der Waals surface area contributed by atoms with E-state index in [1.807, 2.05) is 7.05 Å². The highest BCUT2D eigenvalue weighted by Crippen LogP contribution is 2.15. The maximum atomic E-state index is 4.48. The van der Waals surface area contributed by atoms with Crippen LogP contribution in [0.1, 0.15) is 17.1 Å². The average molecular weight is 248 g/mol. The fourth-order valence-corrected chi connectivity index (χ4v) is 2.53. The molecule has 0 saturated carbocycles. The van der Waals surface area contributed by atoms with Crippen LogP contribution < -0.4 is 5.32 Å². The lowest BCUT2D eigenvalue weighted by Gasteiger charge is -2.13. The van der Waals surface area contributed by atoms with Crippen LogP contribution >= 0.6 is 23.7 Å². The molecule has 2 rings (SSSR count). The molecule has 1 aliphatic rings. The van der Waals surface area contributed by atoms with Gasteiger partial charge in [-0.05, 0) is 20.4 Å². The van der Waals surface area contributed by atoms with Crippen molar-refractivity contribution in [2.75, 3.05) is 20.1 Å². The Balaban J connectivity index is 0.00000112. The molecule has 1 saturated heterocycles. The maximum absolute atomic E-state index is 4.48. The minimum atomic E-state index is 0. The van der Waals surface area contributed by atoms with Crippen LogP contribution in [0.3, 0.4) is 0 Å². The monoisotopic (exact) mass is 247 g/mol. The average Bonchev–Trinajstić information content (AvgIpc) is 2.76. The second kappa shape index (κ2) is 5.80. The molecule has 0 bridgehead atoms. The predicted octanol–water partition coefficient (Wildman–Crippen LogP) is 1.67. The number of halogens is 1. The van der Waals surface area contributed by atoms with E-state index in [2.05, 4.69) is 27.5 Å². The Labute approximate surface area is 101 Å². The van der Waals surface area contributed by atoms with Crippen LogP contribution in [-0.4, -0.2) is 36.1 Å². The molecule has 2 heterocycles. The van der Waals surface area contributed by atoms with Gasteiger partial charge in [-0.25, -0.2) is 4.98 Å². The zero-order valence-electron chi connectivity index (χ0n) is 9.19. The molecule has 1 aromatic rings. The lowest BCUT2D eigenvalue weighted by molar-refractivity contribution is 0.319. The van der Waals surface area contributed by atoms with Gasteiger partial charge in [-0.2, -0.15) is 0 Å². The smallest absolute Gasteiger partial charge is 0.0897 e. The number of hydrogen-bond donors (Lipinski definition) is 1. The second-order valence-corrected chi connectivity index (χ2v) is 4.93. The topological polar surface area (TPSA) is 28.2 Å². The highest BCUT2D eigenvalue weighted by atomic mass is 35.5. The number of hydrogen-bond acceptors (Lipinski definition) is 4. The molecule has 0 spiro atoms. The summed E-state index contributed by atoms with van der Waals surface area (Å²) in [6.07, 6.45) is 1.26. The quantitative estimate of drug-likeness (QED) is 0.881. The Morgan fingerprint density at radius 3 is 3.00 bits per heavy atom. The minimum absolute atomic E-state index is 0. The molecule has 1 aromatic heterocycles. The molecular weight excluding hydrogens is 230 g/mol. The van der Waals surface area contributed by atoms with Crippen LogP contribution in [-0.2, 0) is 6.54 Å². The van der Waals surface area contributed by atoms with Crippen molar-refractivity contribution in [2.45, 2.75) is 25.9 Å². The number of likely N-dealkylation sites (tertiary alicyclic amines) is 1. The van der Waals surface area contributed by atoms with E-state index in [1.165, 1.54) is 23.7 Å². The molecule has 1 unspecified atom stereocenters. The third-order valence-corrected chi connectivity index (χ3v) is 3.56. The van der Waals surface area contributed by atoms with Crippen LogP contribution in [0.4, 0.5) is 0 Å². The zero-order chi connectivity index (χ0) is 9.97. The summed E-state index contributed by atoms with van der Waals surface area (Å²) in [4.78, 5) is 6.95. The number of nitrogens with zero attached hydrogens (tertiary/aromatic N) is 2. The van der Waals surface area contributed by atoms with E-state index < -0.39 is 0 Å². The Morgan fingerprint density at radius 1 is 1.67 bits per heavy atom. The lowest BCUT2D eigenvalue weighted by Crippen LogP contribution is -2.29. The van der Waals surface area contributed by atoms with Crippen LogP contribution in [0.2, 0.25) is 0 Å². The van der Waals surface area contributed by atoms with Gasteiger partial charge in [-0.3, -0.25) is 4.90 Å². The van der Waals surface area contributed by atoms with Crippen molar-refractivity contribution >= 4 is 23.7 Å². The van der Waals surface area contributed by atoms with Gasteiger partial charge in [-0.1, -0.05) is 0 Å². The SMILES string of the molecule is CNC1CCN(Cc2csc(C)n2)C1.Cl. The summed E-state index contributed by atoms with van der Waals surface area (Å²) in [5.41, 5.74) is 1.23. The first-order chi connectivity index (χ1) is 6.78. The van der Waals surface area contributed by atoms with E-state index in [0.717, 1.165) is 13.1 Å². The summed E-state index contributed by atoms with van der Waals surface area (Å²) < 4.78 is 0. The van der Waals surface area contributed by atoms with E-state index >= 15 is 0 Å². The highest BCUT2D eigenvalue weighted by Gasteiger charge is 2.21. The molecule has 0 aromatic carbocycles. The Hall–Kier alpha value is -0.160. The lowest BCUT2D eigenvalue weighted by atomic mass is 10.3. The van der Waals surface area contributed by atoms with Gasteiger partial charge in [0.2, 0.25) is 0 Å². The van der Waals surface area contributed by atoms with E-state index in [-0.39, 0.29) is 12.4 Å². The van der Waals surface area contributed by atoms with Gasteiger partial charge in [0, 0.05) is 31.1 Å². The van der Waals surface area contributed by atoms with Crippen molar-refractivity contribution in [3.05, 3.63) is 16.1 Å². The number of aromatic nitrogens is 1. The molecule has 15 heavy (non-hydrogen) atoms. The normalized spacial score (nSPS) is 21.6. The fourth-order valence-electron chi connectivity index (χ4n) is 1.92. The molecule has 1 aliphatic heterocycles. The Bertz CT molecular complexity index is 303. The summed E-state index contributed by atoms with van der Waals surface area (Å²) in [6.45, 7) is 5.44. The highest BCUT2D eigenvalue weighted by molar-refractivity contribution is 7.09. The van der Waals surface area contributed by atoms with Crippen molar-refractivity contribution in [2.24, 2.45) is 0 Å². The van der Waals surface area contributed by atoms with Crippen molar-refractivity contribution in [3.63, 3.8) is 0 Å². The van der Waals surface area contributed by atoms with Crippen LogP contribution in [0.5, 0.6) is 0 Å². The number of nitrogens with one attached hydrogen (secondary N) is 1. The largest absolute Gasteiger partial charge is 0.316 e. The molecule has 1 fully saturated rings. The van der Waals surface area contributed by atoms with E-state index in [9.17, 15) is 0 Å². The van der Waals surface area contributed by atoms with Gasteiger partial charge in [0.25, 0.3) is 0 Å². The molecule has 1 N–H and O–H groups in total. The Morgan fingerprint density at radius 2 is 2.47 bits per heavy atom. The fraction of sp³-hybridized carbons (Fsp3) is 0.700. The van der Waals surface area contributed by atoms with Crippen molar-refractivity contribution in [1.29, 1.82) is 0 Å². The molecule has 0 radical (unpaired) electrons. The summed E-state index contributed by atoms with van der Waals surface area (Å²) in [5, 5.41) is 6.66. The van der Waals surface area contributed by atoms with Gasteiger partial charge >= 0.3 is 0 Å². The summed E-state index contributed by atoms with van der Waals surface area (Å²) in [5.74, 6) is 0. The molecule has 86 valence electrons. The van der Waals surface area contributed by atoms with Gasteiger partial charge in [0.1, 0.15) is 0 Å². The summed E-state index contributed by atoms with van der Waals surface area (Å²) >= 11 is 1.74.